The topological polar surface area (TPSA) is 12.9 Å². The monoisotopic (exact) mass is 189 g/mol. The average Bonchev–Trinajstić information content (AvgIpc) is 2.15. The van der Waals surface area contributed by atoms with E-state index < -0.39 is 0 Å². The molecule has 0 amide bonds. The van der Waals surface area contributed by atoms with Crippen LogP contribution in [0, 0.1) is 0 Å². The summed E-state index contributed by atoms with van der Waals surface area (Å²) in [6.07, 6.45) is 7.04. The van der Waals surface area contributed by atoms with Gasteiger partial charge in [0.2, 0.25) is 0 Å². The Hall–Kier alpha value is -0.850. The second-order valence-electron chi connectivity index (χ2n) is 5.24. The van der Waals surface area contributed by atoms with Crippen LogP contribution in [0.25, 0.3) is 0 Å². The molecule has 1 aromatic heterocycles. The number of pyridine rings is 1. The number of fused-ring (bicyclic) bond motifs is 1. The minimum atomic E-state index is 0.268. The van der Waals surface area contributed by atoms with Gasteiger partial charge in [-0.1, -0.05) is 20.8 Å². The summed E-state index contributed by atoms with van der Waals surface area (Å²) in [4.78, 5) is 4.49. The van der Waals surface area contributed by atoms with E-state index in [2.05, 4.69) is 31.8 Å². The molecule has 0 saturated carbocycles. The summed E-state index contributed by atoms with van der Waals surface area (Å²) in [6.45, 7) is 6.87. The highest BCUT2D eigenvalue weighted by atomic mass is 14.7. The van der Waals surface area contributed by atoms with E-state index >= 15 is 0 Å². The van der Waals surface area contributed by atoms with Crippen molar-refractivity contribution in [1.29, 1.82) is 0 Å². The van der Waals surface area contributed by atoms with Crippen molar-refractivity contribution in [2.24, 2.45) is 0 Å². The fraction of sp³-hybridized carbons (Fsp3) is 0.615. The third kappa shape index (κ3) is 1.68. The summed E-state index contributed by atoms with van der Waals surface area (Å²) in [6, 6.07) is 2.20. The molecule has 0 saturated heterocycles. The van der Waals surface area contributed by atoms with Gasteiger partial charge in [-0.15, -0.1) is 0 Å². The first-order valence-corrected chi connectivity index (χ1v) is 5.56. The van der Waals surface area contributed by atoms with E-state index in [1.807, 2.05) is 6.20 Å². The number of aromatic nitrogens is 1. The van der Waals surface area contributed by atoms with Gasteiger partial charge >= 0.3 is 0 Å². The van der Waals surface area contributed by atoms with Crippen LogP contribution in [0.5, 0.6) is 0 Å². The lowest BCUT2D eigenvalue weighted by molar-refractivity contribution is 0.563. The first-order chi connectivity index (χ1) is 6.59. The van der Waals surface area contributed by atoms with Gasteiger partial charge in [-0.2, -0.15) is 0 Å². The third-order valence-electron chi connectivity index (χ3n) is 3.04. The van der Waals surface area contributed by atoms with Crippen LogP contribution < -0.4 is 0 Å². The Kier molecular flexibility index (Phi) is 2.34. The van der Waals surface area contributed by atoms with Crippen LogP contribution in [-0.2, 0) is 18.3 Å². The van der Waals surface area contributed by atoms with E-state index in [9.17, 15) is 0 Å². The molecule has 0 N–H and O–H groups in total. The molecule has 1 aliphatic rings. The normalized spacial score (nSPS) is 16.5. The largest absolute Gasteiger partial charge is 0.261 e. The highest BCUT2D eigenvalue weighted by Gasteiger charge is 2.21. The molecule has 0 unspecified atom stereocenters. The number of hydrogen-bond acceptors (Lipinski definition) is 1. The van der Waals surface area contributed by atoms with E-state index in [4.69, 9.17) is 0 Å². The molecular formula is C13H19N. The van der Waals surface area contributed by atoms with E-state index in [-0.39, 0.29) is 5.41 Å². The molecule has 0 atom stereocenters. The molecule has 0 spiro atoms. The molecule has 1 nitrogen and oxygen atoms in total. The highest BCUT2D eigenvalue weighted by Crippen LogP contribution is 2.30. The maximum absolute atomic E-state index is 4.49. The Morgan fingerprint density at radius 2 is 1.86 bits per heavy atom. The molecule has 0 aliphatic heterocycles. The van der Waals surface area contributed by atoms with Gasteiger partial charge in [0.1, 0.15) is 0 Å². The van der Waals surface area contributed by atoms with Gasteiger partial charge in [-0.05, 0) is 48.3 Å². The highest BCUT2D eigenvalue weighted by molar-refractivity contribution is 5.36. The Morgan fingerprint density at radius 1 is 1.14 bits per heavy atom. The molecule has 0 aromatic carbocycles. The van der Waals surface area contributed by atoms with Crippen LogP contribution in [0.4, 0.5) is 0 Å². The predicted octanol–water partition coefficient (Wildman–Crippen LogP) is 3.26. The number of aryl methyl sites for hydroxylation is 1. The van der Waals surface area contributed by atoms with Crippen molar-refractivity contribution < 1.29 is 0 Å². The summed E-state index contributed by atoms with van der Waals surface area (Å²) in [5.74, 6) is 0. The van der Waals surface area contributed by atoms with E-state index in [1.165, 1.54) is 42.5 Å². The zero-order chi connectivity index (χ0) is 10.2. The summed E-state index contributed by atoms with van der Waals surface area (Å²) in [7, 11) is 0. The molecule has 14 heavy (non-hydrogen) atoms. The molecule has 0 bridgehead atoms. The van der Waals surface area contributed by atoms with Crippen molar-refractivity contribution >= 4 is 0 Å². The molecule has 2 rings (SSSR count). The zero-order valence-electron chi connectivity index (χ0n) is 9.43. The quantitative estimate of drug-likeness (QED) is 0.610. The van der Waals surface area contributed by atoms with Crippen LogP contribution in [0.2, 0.25) is 0 Å². The predicted molar refractivity (Wildman–Crippen MR) is 59.6 cm³/mol. The van der Waals surface area contributed by atoms with Gasteiger partial charge < -0.3 is 0 Å². The van der Waals surface area contributed by atoms with Crippen molar-refractivity contribution in [3.63, 3.8) is 0 Å². The maximum Gasteiger partial charge on any atom is 0.0438 e. The summed E-state index contributed by atoms with van der Waals surface area (Å²) < 4.78 is 0. The SMILES string of the molecule is CC(C)(C)c1ccnc2c1CCCC2. The first-order valence-electron chi connectivity index (χ1n) is 5.56. The molecule has 0 radical (unpaired) electrons. The van der Waals surface area contributed by atoms with E-state index in [0.717, 1.165) is 0 Å². The first kappa shape index (κ1) is 9.70. The second-order valence-corrected chi connectivity index (χ2v) is 5.24. The molecule has 0 fully saturated rings. The second kappa shape index (κ2) is 3.38. The van der Waals surface area contributed by atoms with Gasteiger partial charge in [-0.3, -0.25) is 4.98 Å². The van der Waals surface area contributed by atoms with Gasteiger partial charge in [0.05, 0.1) is 0 Å². The lowest BCUT2D eigenvalue weighted by Crippen LogP contribution is -2.18. The van der Waals surface area contributed by atoms with Crippen molar-refractivity contribution in [3.05, 3.63) is 29.1 Å². The molecule has 1 heterocycles. The fourth-order valence-electron chi connectivity index (χ4n) is 2.33. The number of nitrogens with zero attached hydrogens (tertiary/aromatic N) is 1. The van der Waals surface area contributed by atoms with Gasteiger partial charge in [0, 0.05) is 11.9 Å². The lowest BCUT2D eigenvalue weighted by atomic mass is 9.80. The third-order valence-corrected chi connectivity index (χ3v) is 3.04. The molecule has 1 heteroatoms. The van der Waals surface area contributed by atoms with E-state index in [0.29, 0.717) is 0 Å². The Labute approximate surface area is 86.6 Å². The van der Waals surface area contributed by atoms with Crippen LogP contribution >= 0.6 is 0 Å². The van der Waals surface area contributed by atoms with Crippen LogP contribution in [0.3, 0.4) is 0 Å². The summed E-state index contributed by atoms with van der Waals surface area (Å²) >= 11 is 0. The summed E-state index contributed by atoms with van der Waals surface area (Å²) in [5, 5.41) is 0. The van der Waals surface area contributed by atoms with Gasteiger partial charge in [0.15, 0.2) is 0 Å². The van der Waals surface area contributed by atoms with Crippen LogP contribution in [-0.4, -0.2) is 4.98 Å². The van der Waals surface area contributed by atoms with Crippen LogP contribution in [0.1, 0.15) is 50.4 Å². The van der Waals surface area contributed by atoms with Crippen molar-refractivity contribution in [1.82, 2.24) is 4.98 Å². The number of rotatable bonds is 0. The molecular weight excluding hydrogens is 170 g/mol. The Balaban J connectivity index is 2.51. The molecule has 1 aliphatic carbocycles. The molecule has 1 aromatic rings. The van der Waals surface area contributed by atoms with Crippen molar-refractivity contribution in [3.8, 4) is 0 Å². The lowest BCUT2D eigenvalue weighted by Gasteiger charge is -2.26. The minimum absolute atomic E-state index is 0.268. The number of hydrogen-bond donors (Lipinski definition) is 0. The maximum atomic E-state index is 4.49. The van der Waals surface area contributed by atoms with Crippen molar-refractivity contribution in [2.75, 3.05) is 0 Å². The fourth-order valence-corrected chi connectivity index (χ4v) is 2.33. The van der Waals surface area contributed by atoms with Crippen molar-refractivity contribution in [2.45, 2.75) is 51.9 Å². The standard InChI is InChI=1S/C13H19N/c1-13(2,3)11-8-9-14-12-7-5-4-6-10(11)12/h8-9H,4-7H2,1-3H3. The summed E-state index contributed by atoms with van der Waals surface area (Å²) in [5.41, 5.74) is 4.65. The minimum Gasteiger partial charge on any atom is -0.261 e. The zero-order valence-corrected chi connectivity index (χ0v) is 9.43. The van der Waals surface area contributed by atoms with E-state index in [1.54, 1.807) is 0 Å². The average molecular weight is 189 g/mol. The van der Waals surface area contributed by atoms with Crippen LogP contribution in [0.15, 0.2) is 12.3 Å². The Bertz CT molecular complexity index is 334. The van der Waals surface area contributed by atoms with Gasteiger partial charge in [-0.25, -0.2) is 0 Å². The molecule has 76 valence electrons. The Morgan fingerprint density at radius 3 is 2.57 bits per heavy atom. The smallest absolute Gasteiger partial charge is 0.0438 e. The van der Waals surface area contributed by atoms with Gasteiger partial charge in [0.25, 0.3) is 0 Å².